The first-order valence-electron chi connectivity index (χ1n) is 6.60. The van der Waals surface area contributed by atoms with Crippen molar-refractivity contribution in [3.05, 3.63) is 58.9 Å². The third-order valence-corrected chi connectivity index (χ3v) is 3.51. The Morgan fingerprint density at radius 3 is 2.45 bits per heavy atom. The van der Waals surface area contributed by atoms with Gasteiger partial charge in [0.05, 0.1) is 7.11 Å². The van der Waals surface area contributed by atoms with E-state index in [-0.39, 0.29) is 6.61 Å². The first-order chi connectivity index (χ1) is 10.8. The van der Waals surface area contributed by atoms with E-state index >= 15 is 0 Å². The number of benzene rings is 2. The quantitative estimate of drug-likeness (QED) is 0.685. The van der Waals surface area contributed by atoms with E-state index in [9.17, 15) is 0 Å². The lowest BCUT2D eigenvalue weighted by Crippen LogP contribution is -1.97. The Kier molecular flexibility index (Phi) is 4.39. The maximum Gasteiger partial charge on any atom is 0.254 e. The van der Waals surface area contributed by atoms with E-state index in [1.165, 1.54) is 0 Å². The first-order valence-corrected chi connectivity index (χ1v) is 7.39. The van der Waals surface area contributed by atoms with Gasteiger partial charge in [0, 0.05) is 10.0 Å². The molecule has 0 N–H and O–H groups in total. The predicted molar refractivity (Wildman–Crippen MR) is 84.8 cm³/mol. The number of halogens is 1. The average molecular weight is 361 g/mol. The van der Waals surface area contributed by atoms with Crippen LogP contribution in [0, 0.1) is 0 Å². The van der Waals surface area contributed by atoms with Crippen molar-refractivity contribution in [2.24, 2.45) is 0 Å². The molecule has 0 radical (unpaired) electrons. The molecule has 0 bridgehead atoms. The Balaban J connectivity index is 1.71. The van der Waals surface area contributed by atoms with Gasteiger partial charge in [-0.3, -0.25) is 0 Å². The van der Waals surface area contributed by atoms with Gasteiger partial charge in [-0.25, -0.2) is 0 Å². The van der Waals surface area contributed by atoms with Crippen LogP contribution in [0.3, 0.4) is 0 Å². The predicted octanol–water partition coefficient (Wildman–Crippen LogP) is 4.09. The maximum atomic E-state index is 5.65. The van der Waals surface area contributed by atoms with Gasteiger partial charge in [0.2, 0.25) is 5.89 Å². The molecule has 0 aliphatic heterocycles. The van der Waals surface area contributed by atoms with Gasteiger partial charge in [-0.15, -0.1) is 10.2 Å². The zero-order valence-electron chi connectivity index (χ0n) is 11.8. The second-order valence-corrected chi connectivity index (χ2v) is 5.36. The van der Waals surface area contributed by atoms with Crippen molar-refractivity contribution in [1.82, 2.24) is 10.2 Å². The van der Waals surface area contributed by atoms with Crippen LogP contribution in [0.4, 0.5) is 0 Å². The van der Waals surface area contributed by atoms with Crippen LogP contribution in [0.1, 0.15) is 5.89 Å². The number of aromatic nitrogens is 2. The van der Waals surface area contributed by atoms with Crippen molar-refractivity contribution in [3.63, 3.8) is 0 Å². The summed E-state index contributed by atoms with van der Waals surface area (Å²) < 4.78 is 17.5. The number of nitrogens with zero attached hydrogens (tertiary/aromatic N) is 2. The molecule has 1 aromatic heterocycles. The van der Waals surface area contributed by atoms with Crippen molar-refractivity contribution in [2.45, 2.75) is 6.61 Å². The summed E-state index contributed by atoms with van der Waals surface area (Å²) in [5, 5.41) is 8.02. The summed E-state index contributed by atoms with van der Waals surface area (Å²) in [4.78, 5) is 0. The second kappa shape index (κ2) is 6.62. The van der Waals surface area contributed by atoms with Gasteiger partial charge in [0.15, 0.2) is 18.1 Å². The minimum atomic E-state index is 0.184. The summed E-state index contributed by atoms with van der Waals surface area (Å²) in [6, 6.07) is 15.1. The molecular weight excluding hydrogens is 348 g/mol. The van der Waals surface area contributed by atoms with Crippen LogP contribution in [-0.2, 0) is 6.61 Å². The summed E-state index contributed by atoms with van der Waals surface area (Å²) in [7, 11) is 1.60. The van der Waals surface area contributed by atoms with E-state index in [1.807, 2.05) is 48.5 Å². The Hall–Kier alpha value is -2.34. The fraction of sp³-hybridized carbons (Fsp3) is 0.125. The zero-order valence-corrected chi connectivity index (χ0v) is 13.4. The van der Waals surface area contributed by atoms with Crippen molar-refractivity contribution >= 4 is 15.9 Å². The standard InChI is InChI=1S/C16H13BrN2O3/c1-20-13-4-2-3-5-14(13)21-10-15-18-19-16(22-15)11-6-8-12(17)9-7-11/h2-9H,10H2,1H3. The molecule has 0 aliphatic carbocycles. The fourth-order valence-corrected chi connectivity index (χ4v) is 2.16. The lowest BCUT2D eigenvalue weighted by atomic mass is 10.2. The Morgan fingerprint density at radius 2 is 1.73 bits per heavy atom. The van der Waals surface area contributed by atoms with E-state index in [0.717, 1.165) is 10.0 Å². The largest absolute Gasteiger partial charge is 0.493 e. The Morgan fingerprint density at radius 1 is 1.00 bits per heavy atom. The number of methoxy groups -OCH3 is 1. The van der Waals surface area contributed by atoms with E-state index in [0.29, 0.717) is 23.3 Å². The molecule has 0 fully saturated rings. The summed E-state index contributed by atoms with van der Waals surface area (Å²) in [6.07, 6.45) is 0. The van der Waals surface area contributed by atoms with E-state index < -0.39 is 0 Å². The highest BCUT2D eigenvalue weighted by Gasteiger charge is 2.10. The van der Waals surface area contributed by atoms with Crippen LogP contribution >= 0.6 is 15.9 Å². The molecule has 0 spiro atoms. The molecule has 0 saturated heterocycles. The highest BCUT2D eigenvalue weighted by Crippen LogP contribution is 2.27. The molecule has 0 amide bonds. The normalized spacial score (nSPS) is 10.5. The van der Waals surface area contributed by atoms with Crippen molar-refractivity contribution < 1.29 is 13.9 Å². The number of ether oxygens (including phenoxy) is 2. The molecule has 5 nitrogen and oxygen atoms in total. The van der Waals surface area contributed by atoms with Gasteiger partial charge in [0.1, 0.15) is 0 Å². The van der Waals surface area contributed by atoms with Gasteiger partial charge >= 0.3 is 0 Å². The number of hydrogen-bond donors (Lipinski definition) is 0. The third-order valence-electron chi connectivity index (χ3n) is 2.98. The summed E-state index contributed by atoms with van der Waals surface area (Å²) >= 11 is 3.39. The minimum Gasteiger partial charge on any atom is -0.493 e. The van der Waals surface area contributed by atoms with Crippen LogP contribution < -0.4 is 9.47 Å². The Labute approximate surface area is 136 Å². The van der Waals surface area contributed by atoms with Gasteiger partial charge in [-0.05, 0) is 36.4 Å². The fourth-order valence-electron chi connectivity index (χ4n) is 1.90. The number of para-hydroxylation sites is 2. The monoisotopic (exact) mass is 360 g/mol. The molecular formula is C16H13BrN2O3. The second-order valence-electron chi connectivity index (χ2n) is 4.45. The van der Waals surface area contributed by atoms with E-state index in [2.05, 4.69) is 26.1 Å². The molecule has 3 aromatic rings. The lowest BCUT2D eigenvalue weighted by Gasteiger charge is -2.07. The molecule has 0 saturated carbocycles. The molecule has 2 aromatic carbocycles. The molecule has 3 rings (SSSR count). The molecule has 1 heterocycles. The minimum absolute atomic E-state index is 0.184. The molecule has 0 aliphatic rings. The lowest BCUT2D eigenvalue weighted by molar-refractivity contribution is 0.251. The van der Waals surface area contributed by atoms with Crippen LogP contribution in [0.5, 0.6) is 11.5 Å². The number of rotatable bonds is 5. The van der Waals surface area contributed by atoms with Crippen molar-refractivity contribution in [3.8, 4) is 23.0 Å². The number of hydrogen-bond acceptors (Lipinski definition) is 5. The van der Waals surface area contributed by atoms with E-state index in [4.69, 9.17) is 13.9 Å². The topological polar surface area (TPSA) is 57.4 Å². The average Bonchev–Trinajstić information content (AvgIpc) is 3.03. The SMILES string of the molecule is COc1ccccc1OCc1nnc(-c2ccc(Br)cc2)o1. The van der Waals surface area contributed by atoms with E-state index in [1.54, 1.807) is 7.11 Å². The van der Waals surface area contributed by atoms with Gasteiger partial charge in [0.25, 0.3) is 5.89 Å². The van der Waals surface area contributed by atoms with Gasteiger partial charge < -0.3 is 13.9 Å². The van der Waals surface area contributed by atoms with Gasteiger partial charge in [-0.2, -0.15) is 0 Å². The van der Waals surface area contributed by atoms with Crippen LogP contribution in [0.25, 0.3) is 11.5 Å². The van der Waals surface area contributed by atoms with Crippen molar-refractivity contribution in [1.29, 1.82) is 0 Å². The van der Waals surface area contributed by atoms with Gasteiger partial charge in [-0.1, -0.05) is 28.1 Å². The third kappa shape index (κ3) is 3.28. The first kappa shape index (κ1) is 14.6. The van der Waals surface area contributed by atoms with Crippen LogP contribution in [-0.4, -0.2) is 17.3 Å². The summed E-state index contributed by atoms with van der Waals surface area (Å²) in [5.41, 5.74) is 0.860. The maximum absolute atomic E-state index is 5.65. The highest BCUT2D eigenvalue weighted by molar-refractivity contribution is 9.10. The highest BCUT2D eigenvalue weighted by atomic mass is 79.9. The molecule has 0 unspecified atom stereocenters. The van der Waals surface area contributed by atoms with Crippen LogP contribution in [0.2, 0.25) is 0 Å². The molecule has 112 valence electrons. The van der Waals surface area contributed by atoms with Crippen LogP contribution in [0.15, 0.2) is 57.4 Å². The molecule has 6 heteroatoms. The molecule has 0 atom stereocenters. The Bertz CT molecular complexity index is 756. The zero-order chi connectivity index (χ0) is 15.4. The summed E-state index contributed by atoms with van der Waals surface area (Å²) in [5.74, 6) is 2.17. The summed E-state index contributed by atoms with van der Waals surface area (Å²) in [6.45, 7) is 0.184. The molecule has 22 heavy (non-hydrogen) atoms. The smallest absolute Gasteiger partial charge is 0.254 e. The van der Waals surface area contributed by atoms with Crippen molar-refractivity contribution in [2.75, 3.05) is 7.11 Å².